The summed E-state index contributed by atoms with van der Waals surface area (Å²) in [5.74, 6) is 6.53. The van der Waals surface area contributed by atoms with Gasteiger partial charge in [-0.15, -0.1) is 0 Å². The highest BCUT2D eigenvalue weighted by Crippen LogP contribution is 2.30. The fraction of sp³-hybridized carbons (Fsp3) is 0.286. The van der Waals surface area contributed by atoms with Gasteiger partial charge in [-0.05, 0) is 30.5 Å². The van der Waals surface area contributed by atoms with Crippen molar-refractivity contribution in [2.45, 2.75) is 26.7 Å². The summed E-state index contributed by atoms with van der Waals surface area (Å²) in [6.45, 7) is 5.94. The predicted octanol–water partition coefficient (Wildman–Crippen LogP) is 3.08. The Morgan fingerprint density at radius 3 is 2.55 bits per heavy atom. The van der Waals surface area contributed by atoms with Gasteiger partial charge in [0.25, 0.3) is 0 Å². The Bertz CT molecular complexity index is 613. The van der Waals surface area contributed by atoms with Crippen molar-refractivity contribution in [1.82, 2.24) is 9.97 Å². The number of halogens is 1. The third-order valence-electron chi connectivity index (χ3n) is 3.05. The largest absolute Gasteiger partial charge is 0.340 e. The molecule has 1 heterocycles. The van der Waals surface area contributed by atoms with E-state index in [1.54, 1.807) is 6.07 Å². The minimum Gasteiger partial charge on any atom is -0.340 e. The molecule has 4 N–H and O–H groups in total. The lowest BCUT2D eigenvalue weighted by atomic mass is 10.0. The van der Waals surface area contributed by atoms with Gasteiger partial charge >= 0.3 is 0 Å². The number of hydrogen-bond donors (Lipinski definition) is 3. The molecular formula is C14H18FN5. The molecule has 0 saturated heterocycles. The van der Waals surface area contributed by atoms with E-state index in [0.717, 1.165) is 11.1 Å². The average Bonchev–Trinajstić information content (AvgIpc) is 2.42. The minimum atomic E-state index is -0.296. The Kier molecular flexibility index (Phi) is 4.14. The van der Waals surface area contributed by atoms with Crippen LogP contribution >= 0.6 is 0 Å². The molecule has 0 unspecified atom stereocenters. The smallest absolute Gasteiger partial charge is 0.148 e. The van der Waals surface area contributed by atoms with Crippen LogP contribution in [0.15, 0.2) is 24.5 Å². The molecule has 1 aromatic carbocycles. The molecule has 0 saturated carbocycles. The number of benzene rings is 1. The number of nitrogens with one attached hydrogen (secondary N) is 2. The van der Waals surface area contributed by atoms with E-state index < -0.39 is 0 Å². The van der Waals surface area contributed by atoms with Crippen molar-refractivity contribution in [2.75, 3.05) is 10.7 Å². The van der Waals surface area contributed by atoms with Gasteiger partial charge < -0.3 is 10.7 Å². The maximum absolute atomic E-state index is 13.3. The topological polar surface area (TPSA) is 75.9 Å². The van der Waals surface area contributed by atoms with Gasteiger partial charge in [0.1, 0.15) is 23.8 Å². The molecule has 5 nitrogen and oxygen atoms in total. The molecular weight excluding hydrogens is 257 g/mol. The first kappa shape index (κ1) is 14.2. The summed E-state index contributed by atoms with van der Waals surface area (Å²) in [5.41, 5.74) is 5.03. The molecule has 0 aliphatic heterocycles. The normalized spacial score (nSPS) is 10.7. The van der Waals surface area contributed by atoms with Gasteiger partial charge in [0.15, 0.2) is 0 Å². The molecule has 0 radical (unpaired) electrons. The number of aryl methyl sites for hydroxylation is 1. The molecule has 0 spiro atoms. The van der Waals surface area contributed by atoms with E-state index in [1.165, 1.54) is 18.5 Å². The van der Waals surface area contributed by atoms with Crippen LogP contribution in [0.5, 0.6) is 0 Å². The molecule has 0 bridgehead atoms. The lowest BCUT2D eigenvalue weighted by Crippen LogP contribution is -2.14. The second-order valence-corrected chi connectivity index (χ2v) is 4.87. The van der Waals surface area contributed by atoms with Crippen LogP contribution in [0, 0.1) is 12.7 Å². The van der Waals surface area contributed by atoms with E-state index >= 15 is 0 Å². The monoisotopic (exact) mass is 275 g/mol. The van der Waals surface area contributed by atoms with Crippen molar-refractivity contribution in [3.8, 4) is 0 Å². The van der Waals surface area contributed by atoms with Crippen molar-refractivity contribution in [2.24, 2.45) is 5.84 Å². The van der Waals surface area contributed by atoms with Crippen molar-refractivity contribution < 1.29 is 4.39 Å². The zero-order valence-corrected chi connectivity index (χ0v) is 11.7. The minimum absolute atomic E-state index is 0.165. The number of nitrogen functional groups attached to an aromatic ring is 1. The van der Waals surface area contributed by atoms with E-state index in [1.807, 2.05) is 20.8 Å². The van der Waals surface area contributed by atoms with Gasteiger partial charge in [-0.1, -0.05) is 19.9 Å². The van der Waals surface area contributed by atoms with Gasteiger partial charge in [0.2, 0.25) is 0 Å². The highest BCUT2D eigenvalue weighted by Gasteiger charge is 2.15. The van der Waals surface area contributed by atoms with Crippen LogP contribution in [-0.2, 0) is 0 Å². The van der Waals surface area contributed by atoms with Crippen LogP contribution in [0.4, 0.5) is 21.7 Å². The number of rotatable bonds is 4. The number of nitrogens with zero attached hydrogens (tertiary/aromatic N) is 2. The molecule has 2 rings (SSSR count). The van der Waals surface area contributed by atoms with E-state index in [9.17, 15) is 4.39 Å². The van der Waals surface area contributed by atoms with Crippen LogP contribution in [0.3, 0.4) is 0 Å². The van der Waals surface area contributed by atoms with Crippen molar-refractivity contribution in [3.05, 3.63) is 41.5 Å². The number of nitrogens with two attached hydrogens (primary N) is 1. The lowest BCUT2D eigenvalue weighted by molar-refractivity contribution is 0.628. The number of anilines is 3. The molecule has 20 heavy (non-hydrogen) atoms. The van der Waals surface area contributed by atoms with E-state index in [-0.39, 0.29) is 11.7 Å². The number of hydrazine groups is 1. The molecule has 0 amide bonds. The van der Waals surface area contributed by atoms with Gasteiger partial charge in [0.05, 0.1) is 0 Å². The summed E-state index contributed by atoms with van der Waals surface area (Å²) in [6.07, 6.45) is 1.41. The molecule has 0 aliphatic rings. The first-order chi connectivity index (χ1) is 9.52. The molecule has 1 aromatic heterocycles. The fourth-order valence-electron chi connectivity index (χ4n) is 2.01. The first-order valence-electron chi connectivity index (χ1n) is 6.37. The Morgan fingerprint density at radius 2 is 1.90 bits per heavy atom. The third-order valence-corrected chi connectivity index (χ3v) is 3.05. The van der Waals surface area contributed by atoms with Gasteiger partial charge in [-0.3, -0.25) is 0 Å². The second kappa shape index (κ2) is 5.83. The Hall–Kier alpha value is -2.21. The molecule has 2 aromatic rings. The van der Waals surface area contributed by atoms with Gasteiger partial charge in [0, 0.05) is 11.3 Å². The van der Waals surface area contributed by atoms with Crippen molar-refractivity contribution in [3.63, 3.8) is 0 Å². The fourth-order valence-corrected chi connectivity index (χ4v) is 2.01. The SMILES string of the molecule is Cc1ccc(F)cc1Nc1ncnc(NN)c1C(C)C. The molecule has 6 heteroatoms. The van der Waals surface area contributed by atoms with Gasteiger partial charge in [-0.25, -0.2) is 20.2 Å². The highest BCUT2D eigenvalue weighted by molar-refractivity contribution is 5.67. The Labute approximate surface area is 117 Å². The summed E-state index contributed by atoms with van der Waals surface area (Å²) in [4.78, 5) is 8.33. The van der Waals surface area contributed by atoms with Crippen LogP contribution < -0.4 is 16.6 Å². The summed E-state index contributed by atoms with van der Waals surface area (Å²) < 4.78 is 13.3. The van der Waals surface area contributed by atoms with Crippen LogP contribution in [0.1, 0.15) is 30.9 Å². The molecule has 0 aliphatic carbocycles. The summed E-state index contributed by atoms with van der Waals surface area (Å²) in [7, 11) is 0. The first-order valence-corrected chi connectivity index (χ1v) is 6.37. The third kappa shape index (κ3) is 2.85. The average molecular weight is 275 g/mol. The standard InChI is InChI=1S/C14H18FN5/c1-8(2)12-13(17-7-18-14(12)20-16)19-11-6-10(15)5-4-9(11)3/h4-8H,16H2,1-3H3,(H2,17,18,19,20). The number of aromatic nitrogens is 2. The Morgan fingerprint density at radius 1 is 1.20 bits per heavy atom. The number of hydrogen-bond acceptors (Lipinski definition) is 5. The quantitative estimate of drug-likeness (QED) is 0.590. The van der Waals surface area contributed by atoms with E-state index in [2.05, 4.69) is 20.7 Å². The Balaban J connectivity index is 2.45. The zero-order valence-electron chi connectivity index (χ0n) is 11.7. The molecule has 106 valence electrons. The maximum Gasteiger partial charge on any atom is 0.148 e. The maximum atomic E-state index is 13.3. The lowest BCUT2D eigenvalue weighted by Gasteiger charge is -2.17. The summed E-state index contributed by atoms with van der Waals surface area (Å²) in [6, 6.07) is 4.59. The summed E-state index contributed by atoms with van der Waals surface area (Å²) in [5, 5.41) is 3.15. The molecule has 0 fully saturated rings. The van der Waals surface area contributed by atoms with Gasteiger partial charge in [-0.2, -0.15) is 0 Å². The molecule has 0 atom stereocenters. The van der Waals surface area contributed by atoms with Crippen LogP contribution in [0.25, 0.3) is 0 Å². The second-order valence-electron chi connectivity index (χ2n) is 4.87. The van der Waals surface area contributed by atoms with Crippen LogP contribution in [-0.4, -0.2) is 9.97 Å². The van der Waals surface area contributed by atoms with E-state index in [4.69, 9.17) is 5.84 Å². The van der Waals surface area contributed by atoms with Crippen molar-refractivity contribution in [1.29, 1.82) is 0 Å². The zero-order chi connectivity index (χ0) is 14.7. The van der Waals surface area contributed by atoms with Crippen LogP contribution in [0.2, 0.25) is 0 Å². The predicted molar refractivity (Wildman–Crippen MR) is 78.4 cm³/mol. The van der Waals surface area contributed by atoms with Crippen molar-refractivity contribution >= 4 is 17.3 Å². The summed E-state index contributed by atoms with van der Waals surface area (Å²) >= 11 is 0. The van der Waals surface area contributed by atoms with E-state index in [0.29, 0.717) is 17.3 Å². The highest BCUT2D eigenvalue weighted by atomic mass is 19.1.